The number of ether oxygens (including phenoxy) is 1. The molecule has 7 heteroatoms. The number of para-hydroxylation sites is 1. The lowest BCUT2D eigenvalue weighted by molar-refractivity contribution is 0.0597. The van der Waals surface area contributed by atoms with Gasteiger partial charge in [0.25, 0.3) is 11.8 Å². The van der Waals surface area contributed by atoms with Crippen LogP contribution >= 0.6 is 0 Å². The Bertz CT molecular complexity index is 1000. The van der Waals surface area contributed by atoms with E-state index in [-0.39, 0.29) is 29.9 Å². The first-order chi connectivity index (χ1) is 15.0. The summed E-state index contributed by atoms with van der Waals surface area (Å²) in [5.41, 5.74) is 2.62. The minimum absolute atomic E-state index is 0.183. The van der Waals surface area contributed by atoms with Gasteiger partial charge in [0, 0.05) is 31.7 Å². The lowest BCUT2D eigenvalue weighted by Crippen LogP contribution is -2.38. The number of halogens is 1. The number of carbonyl (C=O) groups is 2. The molecule has 2 aromatic rings. The highest BCUT2D eigenvalue weighted by Crippen LogP contribution is 2.32. The first-order valence-corrected chi connectivity index (χ1v) is 10.4. The minimum Gasteiger partial charge on any atom is -0.493 e. The second kappa shape index (κ2) is 8.99. The highest BCUT2D eigenvalue weighted by molar-refractivity contribution is 6.21. The van der Waals surface area contributed by atoms with Gasteiger partial charge in [-0.1, -0.05) is 30.3 Å². The summed E-state index contributed by atoms with van der Waals surface area (Å²) in [6.45, 7) is 1.96. The van der Waals surface area contributed by atoms with Crippen molar-refractivity contribution in [3.63, 3.8) is 0 Å². The van der Waals surface area contributed by atoms with Gasteiger partial charge in [-0.25, -0.2) is 4.39 Å². The van der Waals surface area contributed by atoms with Crippen LogP contribution in [0.2, 0.25) is 0 Å². The number of nitrogens with zero attached hydrogens (tertiary/aromatic N) is 2. The maximum Gasteiger partial charge on any atom is 0.261 e. The zero-order valence-electron chi connectivity index (χ0n) is 17.4. The predicted octanol–water partition coefficient (Wildman–Crippen LogP) is 2.97. The Morgan fingerprint density at radius 1 is 1.06 bits per heavy atom. The normalized spacial score (nSPS) is 17.5. The Hall–Kier alpha value is -3.03. The number of aliphatic hydroxyl groups excluding tert-OH is 1. The van der Waals surface area contributed by atoms with Gasteiger partial charge in [0.15, 0.2) is 11.6 Å². The number of benzene rings is 2. The number of β-amino-alcohol motifs (C(OH)–C–C–N with tert-alkyl or cyclic N) is 1. The highest BCUT2D eigenvalue weighted by Gasteiger charge is 2.35. The van der Waals surface area contributed by atoms with E-state index in [0.29, 0.717) is 37.1 Å². The molecule has 162 valence electrons. The Labute approximate surface area is 180 Å². The number of imide groups is 1. The lowest BCUT2D eigenvalue weighted by Gasteiger charge is -2.29. The third-order valence-corrected chi connectivity index (χ3v) is 5.84. The van der Waals surface area contributed by atoms with Crippen molar-refractivity contribution in [2.75, 3.05) is 33.3 Å². The predicted molar refractivity (Wildman–Crippen MR) is 114 cm³/mol. The lowest BCUT2D eigenvalue weighted by atomic mass is 9.98. The average Bonchev–Trinajstić information content (AvgIpc) is 3.02. The molecule has 0 radical (unpaired) electrons. The van der Waals surface area contributed by atoms with Crippen molar-refractivity contribution in [1.29, 1.82) is 0 Å². The first kappa shape index (κ1) is 21.2. The summed E-state index contributed by atoms with van der Waals surface area (Å²) in [6.07, 6.45) is 2.39. The molecule has 1 atom stereocenters. The molecule has 4 rings (SSSR count). The number of aliphatic hydroxyl groups is 1. The fourth-order valence-corrected chi connectivity index (χ4v) is 4.20. The van der Waals surface area contributed by atoms with Gasteiger partial charge in [-0.2, -0.15) is 0 Å². The first-order valence-electron chi connectivity index (χ1n) is 10.4. The molecule has 31 heavy (non-hydrogen) atoms. The van der Waals surface area contributed by atoms with Gasteiger partial charge >= 0.3 is 0 Å². The molecule has 0 fully saturated rings. The quantitative estimate of drug-likeness (QED) is 0.692. The zero-order valence-corrected chi connectivity index (χ0v) is 17.4. The average molecular weight is 424 g/mol. The Morgan fingerprint density at radius 3 is 2.35 bits per heavy atom. The van der Waals surface area contributed by atoms with E-state index in [1.807, 2.05) is 12.1 Å². The maximum absolute atomic E-state index is 14.0. The molecular formula is C24H25FN2O4. The van der Waals surface area contributed by atoms with Gasteiger partial charge in [-0.3, -0.25) is 19.4 Å². The molecule has 2 heterocycles. The van der Waals surface area contributed by atoms with Gasteiger partial charge in [0.1, 0.15) is 0 Å². The SMILES string of the molecule is COc1c(F)cccc1C1=CCN(C[C@H](O)CCN2C(=O)c3ccccc3C2=O)CC1. The van der Waals surface area contributed by atoms with Crippen LogP contribution in [0.25, 0.3) is 5.57 Å². The summed E-state index contributed by atoms with van der Waals surface area (Å²) in [5, 5.41) is 10.5. The van der Waals surface area contributed by atoms with E-state index < -0.39 is 6.10 Å². The van der Waals surface area contributed by atoms with Gasteiger partial charge in [-0.05, 0) is 36.6 Å². The molecule has 0 saturated heterocycles. The standard InChI is InChI=1S/C24H25FN2O4/c1-31-22-18(7-4-8-21(22)25)16-9-12-26(13-10-16)15-17(28)11-14-27-23(29)19-5-2-3-6-20(19)24(27)30/h2-9,17,28H,10-15H2,1H3/t17-/m1/s1. The van der Waals surface area contributed by atoms with Crippen LogP contribution in [-0.4, -0.2) is 66.1 Å². The summed E-state index contributed by atoms with van der Waals surface area (Å²) in [7, 11) is 1.46. The van der Waals surface area contributed by atoms with Crippen molar-refractivity contribution in [3.8, 4) is 5.75 Å². The van der Waals surface area contributed by atoms with Crippen LogP contribution in [0, 0.1) is 5.82 Å². The van der Waals surface area contributed by atoms with Crippen LogP contribution in [0.3, 0.4) is 0 Å². The fourth-order valence-electron chi connectivity index (χ4n) is 4.20. The molecule has 2 aromatic carbocycles. The van der Waals surface area contributed by atoms with Crippen molar-refractivity contribution in [3.05, 3.63) is 71.0 Å². The number of hydrogen-bond donors (Lipinski definition) is 1. The highest BCUT2D eigenvalue weighted by atomic mass is 19.1. The molecule has 1 N–H and O–H groups in total. The summed E-state index contributed by atoms with van der Waals surface area (Å²) < 4.78 is 19.2. The van der Waals surface area contributed by atoms with Gasteiger partial charge in [-0.15, -0.1) is 0 Å². The number of rotatable bonds is 7. The Morgan fingerprint density at radius 2 is 1.74 bits per heavy atom. The Balaban J connectivity index is 1.31. The number of hydrogen-bond acceptors (Lipinski definition) is 5. The molecule has 0 aromatic heterocycles. The number of amides is 2. The van der Waals surface area contributed by atoms with Crippen molar-refractivity contribution >= 4 is 17.4 Å². The van der Waals surface area contributed by atoms with E-state index in [0.717, 1.165) is 17.7 Å². The molecule has 2 amide bonds. The largest absolute Gasteiger partial charge is 0.493 e. The van der Waals surface area contributed by atoms with E-state index in [4.69, 9.17) is 4.74 Å². The molecule has 0 spiro atoms. The van der Waals surface area contributed by atoms with Crippen molar-refractivity contribution in [1.82, 2.24) is 9.80 Å². The second-order valence-electron chi connectivity index (χ2n) is 7.81. The zero-order chi connectivity index (χ0) is 22.0. The second-order valence-corrected chi connectivity index (χ2v) is 7.81. The molecule has 0 saturated carbocycles. The minimum atomic E-state index is -0.664. The molecule has 2 aliphatic heterocycles. The third-order valence-electron chi connectivity index (χ3n) is 5.84. The monoisotopic (exact) mass is 424 g/mol. The van der Waals surface area contributed by atoms with E-state index in [9.17, 15) is 19.1 Å². The van der Waals surface area contributed by atoms with Gasteiger partial charge < -0.3 is 9.84 Å². The van der Waals surface area contributed by atoms with Gasteiger partial charge in [0.05, 0.1) is 24.3 Å². The number of carbonyl (C=O) groups excluding carboxylic acids is 2. The van der Waals surface area contributed by atoms with Crippen LogP contribution in [0.5, 0.6) is 5.75 Å². The topological polar surface area (TPSA) is 70.1 Å². The molecule has 0 unspecified atom stereocenters. The van der Waals surface area contributed by atoms with Crippen LogP contribution in [0.15, 0.2) is 48.5 Å². The Kier molecular flexibility index (Phi) is 6.15. The van der Waals surface area contributed by atoms with Crippen LogP contribution in [-0.2, 0) is 0 Å². The summed E-state index contributed by atoms with van der Waals surface area (Å²) in [4.78, 5) is 28.2. The van der Waals surface area contributed by atoms with Crippen molar-refractivity contribution in [2.24, 2.45) is 0 Å². The van der Waals surface area contributed by atoms with E-state index in [1.165, 1.54) is 18.1 Å². The molecule has 0 bridgehead atoms. The van der Waals surface area contributed by atoms with E-state index in [2.05, 4.69) is 4.90 Å². The molecule has 0 aliphatic carbocycles. The number of methoxy groups -OCH3 is 1. The van der Waals surface area contributed by atoms with Gasteiger partial charge in [0.2, 0.25) is 0 Å². The smallest absolute Gasteiger partial charge is 0.261 e. The molecular weight excluding hydrogens is 399 g/mol. The van der Waals surface area contributed by atoms with Crippen LogP contribution in [0.1, 0.15) is 39.1 Å². The van der Waals surface area contributed by atoms with Crippen molar-refractivity contribution < 1.29 is 23.8 Å². The summed E-state index contributed by atoms with van der Waals surface area (Å²) in [6, 6.07) is 11.7. The van der Waals surface area contributed by atoms with E-state index >= 15 is 0 Å². The maximum atomic E-state index is 14.0. The van der Waals surface area contributed by atoms with E-state index in [1.54, 1.807) is 30.3 Å². The van der Waals surface area contributed by atoms with Crippen molar-refractivity contribution in [2.45, 2.75) is 18.9 Å². The summed E-state index contributed by atoms with van der Waals surface area (Å²) in [5.74, 6) is -0.736. The molecule has 6 nitrogen and oxygen atoms in total. The van der Waals surface area contributed by atoms with Crippen LogP contribution in [0.4, 0.5) is 4.39 Å². The third kappa shape index (κ3) is 4.24. The summed E-state index contributed by atoms with van der Waals surface area (Å²) >= 11 is 0. The number of fused-ring (bicyclic) bond motifs is 1. The fraction of sp³-hybridized carbons (Fsp3) is 0.333. The molecule has 2 aliphatic rings. The van der Waals surface area contributed by atoms with Crippen LogP contribution < -0.4 is 4.74 Å².